The van der Waals surface area contributed by atoms with E-state index in [0.717, 1.165) is 22.6 Å². The molecule has 1 fully saturated rings. The number of carbonyl (C=O) groups excluding carboxylic acids is 2. The molecule has 1 saturated heterocycles. The van der Waals surface area contributed by atoms with E-state index in [1.54, 1.807) is 0 Å². The zero-order valence-corrected chi connectivity index (χ0v) is 16.1. The lowest BCUT2D eigenvalue weighted by atomic mass is 10.0. The SMILES string of the molecule is CCc1ccccc1NC(=O)C[NH+]1CCN(C(=O)C[C@](C)(O)C(F)(F)F)CC1. The van der Waals surface area contributed by atoms with Crippen molar-refractivity contribution >= 4 is 17.5 Å². The maximum Gasteiger partial charge on any atom is 0.417 e. The molecule has 1 aliphatic rings. The van der Waals surface area contributed by atoms with Gasteiger partial charge in [0.1, 0.15) is 0 Å². The molecule has 0 unspecified atom stereocenters. The average Bonchev–Trinajstić information content (AvgIpc) is 2.61. The molecule has 1 aromatic rings. The van der Waals surface area contributed by atoms with Crippen molar-refractivity contribution in [2.75, 3.05) is 38.0 Å². The van der Waals surface area contributed by atoms with Gasteiger partial charge in [0.2, 0.25) is 5.91 Å². The van der Waals surface area contributed by atoms with E-state index in [-0.39, 0.29) is 25.5 Å². The van der Waals surface area contributed by atoms with Crippen molar-refractivity contribution in [3.05, 3.63) is 29.8 Å². The van der Waals surface area contributed by atoms with Crippen LogP contribution in [-0.2, 0) is 16.0 Å². The molecule has 2 amide bonds. The number of carbonyl (C=O) groups is 2. The first-order valence-electron chi connectivity index (χ1n) is 9.31. The number of nitrogens with one attached hydrogen (secondary N) is 2. The van der Waals surface area contributed by atoms with Crippen LogP contribution in [0.4, 0.5) is 18.9 Å². The molecule has 0 saturated carbocycles. The third-order valence-corrected chi connectivity index (χ3v) is 5.01. The minimum Gasteiger partial charge on any atom is -0.380 e. The number of halogens is 3. The first kappa shape index (κ1) is 22.2. The third-order valence-electron chi connectivity index (χ3n) is 5.01. The summed E-state index contributed by atoms with van der Waals surface area (Å²) in [5.41, 5.74) is -1.23. The van der Waals surface area contributed by atoms with E-state index in [9.17, 15) is 27.9 Å². The first-order valence-corrected chi connectivity index (χ1v) is 9.31. The second kappa shape index (κ2) is 8.91. The van der Waals surface area contributed by atoms with E-state index in [1.807, 2.05) is 31.2 Å². The van der Waals surface area contributed by atoms with Gasteiger partial charge in [0.05, 0.1) is 32.6 Å². The van der Waals surface area contributed by atoms with Crippen molar-refractivity contribution in [1.29, 1.82) is 0 Å². The first-order chi connectivity index (χ1) is 13.0. The third kappa shape index (κ3) is 5.68. The fraction of sp³-hybridized carbons (Fsp3) is 0.579. The minimum atomic E-state index is -4.86. The lowest BCUT2D eigenvalue weighted by Gasteiger charge is -2.34. The van der Waals surface area contributed by atoms with Crippen LogP contribution in [0.25, 0.3) is 0 Å². The molecule has 0 spiro atoms. The monoisotopic (exact) mass is 402 g/mol. The van der Waals surface area contributed by atoms with E-state index < -0.39 is 24.1 Å². The Morgan fingerprint density at radius 2 is 1.82 bits per heavy atom. The number of para-hydroxylation sites is 1. The van der Waals surface area contributed by atoms with E-state index in [1.165, 1.54) is 4.90 Å². The van der Waals surface area contributed by atoms with Gasteiger partial charge in [-0.15, -0.1) is 0 Å². The number of hydrogen-bond acceptors (Lipinski definition) is 3. The molecule has 1 heterocycles. The predicted octanol–water partition coefficient (Wildman–Crippen LogP) is 0.618. The normalized spacial score (nSPS) is 17.9. The lowest BCUT2D eigenvalue weighted by Crippen LogP contribution is -3.15. The lowest BCUT2D eigenvalue weighted by molar-refractivity contribution is -0.895. The molecule has 1 atom stereocenters. The van der Waals surface area contributed by atoms with Crippen molar-refractivity contribution in [2.45, 2.75) is 38.5 Å². The van der Waals surface area contributed by atoms with Gasteiger partial charge in [-0.3, -0.25) is 9.59 Å². The van der Waals surface area contributed by atoms with Crippen molar-refractivity contribution in [1.82, 2.24) is 4.90 Å². The summed E-state index contributed by atoms with van der Waals surface area (Å²) in [6.07, 6.45) is -5.06. The summed E-state index contributed by atoms with van der Waals surface area (Å²) in [7, 11) is 0. The van der Waals surface area contributed by atoms with Gasteiger partial charge in [-0.1, -0.05) is 25.1 Å². The van der Waals surface area contributed by atoms with E-state index >= 15 is 0 Å². The Balaban J connectivity index is 1.82. The highest BCUT2D eigenvalue weighted by Crippen LogP contribution is 2.33. The van der Waals surface area contributed by atoms with Crippen LogP contribution < -0.4 is 10.2 Å². The molecule has 2 rings (SSSR count). The van der Waals surface area contributed by atoms with Crippen LogP contribution in [0.15, 0.2) is 24.3 Å². The molecule has 0 radical (unpaired) electrons. The molecular weight excluding hydrogens is 375 g/mol. The van der Waals surface area contributed by atoms with Crippen LogP contribution in [0, 0.1) is 0 Å². The average molecular weight is 402 g/mol. The maximum absolute atomic E-state index is 12.7. The van der Waals surface area contributed by atoms with Gasteiger partial charge in [-0.25, -0.2) is 0 Å². The van der Waals surface area contributed by atoms with Gasteiger partial charge in [0.25, 0.3) is 5.91 Å². The predicted molar refractivity (Wildman–Crippen MR) is 97.9 cm³/mol. The molecular formula is C19H27F3N3O3+. The minimum absolute atomic E-state index is 0.143. The van der Waals surface area contributed by atoms with Crippen LogP contribution in [0.2, 0.25) is 0 Å². The number of amides is 2. The second-order valence-electron chi connectivity index (χ2n) is 7.31. The van der Waals surface area contributed by atoms with Crippen LogP contribution in [0.1, 0.15) is 25.8 Å². The standard InChI is InChI=1S/C19H26F3N3O3/c1-3-14-6-4-5-7-15(14)23-16(26)13-24-8-10-25(11-9-24)17(27)12-18(2,28)19(20,21)22/h4-7,28H,3,8-13H2,1-2H3,(H,23,26)/p+1/t18-/m0/s1. The zero-order valence-electron chi connectivity index (χ0n) is 16.1. The summed E-state index contributed by atoms with van der Waals surface area (Å²) in [6, 6.07) is 7.55. The number of hydrogen-bond donors (Lipinski definition) is 3. The molecule has 1 aromatic carbocycles. The van der Waals surface area contributed by atoms with Crippen molar-refractivity contribution < 1.29 is 32.8 Å². The van der Waals surface area contributed by atoms with Crippen molar-refractivity contribution in [3.63, 3.8) is 0 Å². The Hall–Kier alpha value is -2.13. The molecule has 0 bridgehead atoms. The summed E-state index contributed by atoms with van der Waals surface area (Å²) in [5, 5.41) is 12.4. The van der Waals surface area contributed by atoms with Crippen LogP contribution in [0.3, 0.4) is 0 Å². The van der Waals surface area contributed by atoms with Crippen LogP contribution in [-0.4, -0.2) is 66.3 Å². The fourth-order valence-electron chi connectivity index (χ4n) is 3.13. The summed E-state index contributed by atoms with van der Waals surface area (Å²) in [6.45, 7) is 4.25. The molecule has 3 N–H and O–H groups in total. The molecule has 0 aromatic heterocycles. The fourth-order valence-corrected chi connectivity index (χ4v) is 3.13. The Labute approximate surface area is 162 Å². The number of aliphatic hydroxyl groups is 1. The smallest absolute Gasteiger partial charge is 0.380 e. The Bertz CT molecular complexity index is 699. The number of rotatable bonds is 6. The van der Waals surface area contributed by atoms with Gasteiger partial charge < -0.3 is 20.2 Å². The molecule has 1 aliphatic heterocycles. The number of benzene rings is 1. The van der Waals surface area contributed by atoms with E-state index in [0.29, 0.717) is 20.0 Å². The van der Waals surface area contributed by atoms with Gasteiger partial charge in [0, 0.05) is 5.69 Å². The Morgan fingerprint density at radius 3 is 2.39 bits per heavy atom. The number of alkyl halides is 3. The molecule has 28 heavy (non-hydrogen) atoms. The van der Waals surface area contributed by atoms with Gasteiger partial charge >= 0.3 is 6.18 Å². The van der Waals surface area contributed by atoms with Gasteiger partial charge in [0.15, 0.2) is 12.1 Å². The Kier molecular flexibility index (Phi) is 7.06. The summed E-state index contributed by atoms with van der Waals surface area (Å²) in [4.78, 5) is 26.6. The highest BCUT2D eigenvalue weighted by molar-refractivity contribution is 5.92. The van der Waals surface area contributed by atoms with Crippen molar-refractivity contribution in [2.24, 2.45) is 0 Å². The summed E-state index contributed by atoms with van der Waals surface area (Å²) >= 11 is 0. The highest BCUT2D eigenvalue weighted by Gasteiger charge is 2.51. The summed E-state index contributed by atoms with van der Waals surface area (Å²) < 4.78 is 38.2. The van der Waals surface area contributed by atoms with Gasteiger partial charge in [-0.2, -0.15) is 13.2 Å². The molecule has 156 valence electrons. The largest absolute Gasteiger partial charge is 0.417 e. The molecule has 9 heteroatoms. The molecule has 6 nitrogen and oxygen atoms in total. The zero-order chi connectivity index (χ0) is 20.9. The number of quaternary nitrogens is 1. The number of anilines is 1. The topological polar surface area (TPSA) is 74.1 Å². The summed E-state index contributed by atoms with van der Waals surface area (Å²) in [5.74, 6) is -0.876. The quantitative estimate of drug-likeness (QED) is 0.653. The number of nitrogens with zero attached hydrogens (tertiary/aromatic N) is 1. The number of aryl methyl sites for hydroxylation is 1. The van der Waals surface area contributed by atoms with E-state index in [4.69, 9.17) is 0 Å². The number of piperazine rings is 1. The van der Waals surface area contributed by atoms with Crippen LogP contribution in [0.5, 0.6) is 0 Å². The highest BCUT2D eigenvalue weighted by atomic mass is 19.4. The van der Waals surface area contributed by atoms with Crippen molar-refractivity contribution in [3.8, 4) is 0 Å². The van der Waals surface area contributed by atoms with Crippen LogP contribution >= 0.6 is 0 Å². The van der Waals surface area contributed by atoms with E-state index in [2.05, 4.69) is 5.32 Å². The molecule has 0 aliphatic carbocycles. The maximum atomic E-state index is 12.7. The Morgan fingerprint density at radius 1 is 1.21 bits per heavy atom. The van der Waals surface area contributed by atoms with Gasteiger partial charge in [-0.05, 0) is 25.0 Å². The second-order valence-corrected chi connectivity index (χ2v) is 7.31.